The summed E-state index contributed by atoms with van der Waals surface area (Å²) in [6.07, 6.45) is 6.38. The molecule has 0 spiro atoms. The zero-order valence-corrected chi connectivity index (χ0v) is 18.1. The van der Waals surface area contributed by atoms with Crippen LogP contribution in [0.5, 0.6) is 5.75 Å². The molecular weight excluding hydrogens is 371 g/mol. The molecule has 0 radical (unpaired) electrons. The van der Waals surface area contributed by atoms with Crippen LogP contribution >= 0.6 is 6.89 Å². The summed E-state index contributed by atoms with van der Waals surface area (Å²) in [5.41, 5.74) is -0.685. The average molecular weight is 402 g/mol. The zero-order valence-electron chi connectivity index (χ0n) is 17.2. The van der Waals surface area contributed by atoms with Crippen LogP contribution in [0.15, 0.2) is 24.3 Å². The number of hydrogen-bond acceptors (Lipinski definition) is 4. The first-order valence-electron chi connectivity index (χ1n) is 10.3. The molecule has 3 rings (SSSR count). The molecule has 2 aliphatic rings. The predicted octanol–water partition coefficient (Wildman–Crippen LogP) is 4.00. The van der Waals surface area contributed by atoms with Gasteiger partial charge in [0.2, 0.25) is 0 Å². The van der Waals surface area contributed by atoms with Crippen molar-refractivity contribution in [3.8, 4) is 5.75 Å². The summed E-state index contributed by atoms with van der Waals surface area (Å²) in [4.78, 5) is 37.7. The van der Waals surface area contributed by atoms with E-state index in [2.05, 4.69) is 12.7 Å². The second-order valence-electron chi connectivity index (χ2n) is 8.56. The van der Waals surface area contributed by atoms with Crippen LogP contribution in [0, 0.1) is 5.41 Å². The molecule has 1 aromatic rings. The van der Waals surface area contributed by atoms with E-state index in [4.69, 9.17) is 4.74 Å². The van der Waals surface area contributed by atoms with Crippen molar-refractivity contribution in [1.82, 2.24) is 0 Å². The Balaban J connectivity index is 2.02. The Morgan fingerprint density at radius 1 is 1.14 bits per heavy atom. The van der Waals surface area contributed by atoms with Gasteiger partial charge in [-0.15, -0.1) is 0 Å². The first-order valence-corrected chi connectivity index (χ1v) is 12.6. The third-order valence-electron chi connectivity index (χ3n) is 6.69. The average Bonchev–Trinajstić information content (AvgIpc) is 2.95. The lowest BCUT2D eigenvalue weighted by Crippen LogP contribution is -2.33. The molecule has 2 saturated carbocycles. The molecule has 0 bridgehead atoms. The van der Waals surface area contributed by atoms with Gasteiger partial charge >= 0.3 is 0 Å². The number of benzene rings is 1. The van der Waals surface area contributed by atoms with E-state index in [1.165, 1.54) is 19.3 Å². The van der Waals surface area contributed by atoms with Crippen LogP contribution in [0.3, 0.4) is 0 Å². The number of carbonyl (C=O) groups excluding carboxylic acids is 3. The van der Waals surface area contributed by atoms with Gasteiger partial charge in [0.25, 0.3) is 0 Å². The van der Waals surface area contributed by atoms with Gasteiger partial charge in [-0.25, -0.2) is 0 Å². The van der Waals surface area contributed by atoms with Crippen LogP contribution < -0.4 is 10.0 Å². The van der Waals surface area contributed by atoms with Crippen molar-refractivity contribution in [3.63, 3.8) is 0 Å². The molecular formula is C23H31O4P. The first-order chi connectivity index (χ1) is 13.3. The zero-order chi connectivity index (χ0) is 20.4. The van der Waals surface area contributed by atoms with Crippen molar-refractivity contribution in [2.75, 3.05) is 13.8 Å². The monoisotopic (exact) mass is 402 g/mol. The summed E-state index contributed by atoms with van der Waals surface area (Å²) in [5, 5.41) is 1.12. The van der Waals surface area contributed by atoms with Gasteiger partial charge in [-0.05, 0) is 44.0 Å². The number of para-hydroxylation sites is 1. The van der Waals surface area contributed by atoms with Crippen molar-refractivity contribution < 1.29 is 19.1 Å². The van der Waals surface area contributed by atoms with Gasteiger partial charge < -0.3 is 4.74 Å². The van der Waals surface area contributed by atoms with Crippen LogP contribution in [-0.4, -0.2) is 42.6 Å². The van der Waals surface area contributed by atoms with E-state index in [0.717, 1.165) is 23.9 Å². The fourth-order valence-corrected chi connectivity index (χ4v) is 8.76. The largest absolute Gasteiger partial charge is 0.496 e. The molecule has 4 nitrogen and oxygen atoms in total. The summed E-state index contributed by atoms with van der Waals surface area (Å²) < 4.78 is 5.64. The van der Waals surface area contributed by atoms with Crippen LogP contribution in [0.1, 0.15) is 58.3 Å². The fourth-order valence-electron chi connectivity index (χ4n) is 4.84. The molecule has 1 aromatic carbocycles. The number of carbonyl (C=O) groups is 3. The summed E-state index contributed by atoms with van der Waals surface area (Å²) in [5.74, 6) is 2.47. The molecule has 2 aliphatic carbocycles. The lowest BCUT2D eigenvalue weighted by molar-refractivity contribution is -0.136. The molecule has 0 heterocycles. The summed E-state index contributed by atoms with van der Waals surface area (Å²) in [7, 11) is 1.67. The molecule has 0 saturated heterocycles. The third kappa shape index (κ3) is 3.89. The number of rotatable bonds is 6. The predicted molar refractivity (Wildman–Crippen MR) is 115 cm³/mol. The molecule has 1 atom stereocenters. The van der Waals surface area contributed by atoms with Gasteiger partial charge in [0, 0.05) is 24.6 Å². The Bertz CT molecular complexity index is 817. The van der Waals surface area contributed by atoms with Crippen molar-refractivity contribution in [2.24, 2.45) is 5.41 Å². The van der Waals surface area contributed by atoms with Crippen LogP contribution in [0.4, 0.5) is 0 Å². The second kappa shape index (κ2) is 8.37. The van der Waals surface area contributed by atoms with Crippen molar-refractivity contribution in [1.29, 1.82) is 0 Å². The van der Waals surface area contributed by atoms with Gasteiger partial charge in [-0.2, -0.15) is 0 Å². The van der Waals surface area contributed by atoms with Crippen molar-refractivity contribution in [3.05, 3.63) is 24.3 Å². The van der Waals surface area contributed by atoms with E-state index in [-0.39, 0.29) is 36.6 Å². The molecule has 0 aromatic heterocycles. The Labute approximate surface area is 168 Å². The van der Waals surface area contributed by atoms with E-state index in [1.807, 2.05) is 24.0 Å². The molecule has 0 amide bonds. The van der Waals surface area contributed by atoms with E-state index >= 15 is 0 Å². The Hall–Kier alpha value is -1.67. The van der Waals surface area contributed by atoms with E-state index in [1.54, 1.807) is 14.0 Å². The van der Waals surface area contributed by atoms with Gasteiger partial charge in [-0.3, -0.25) is 14.4 Å². The summed E-state index contributed by atoms with van der Waals surface area (Å²) in [6, 6.07) is 7.99. The molecule has 152 valence electrons. The maximum absolute atomic E-state index is 13.2. The first kappa shape index (κ1) is 21.0. The number of ether oxygens (including phenoxy) is 1. The second-order valence-corrected chi connectivity index (χ2v) is 12.3. The van der Waals surface area contributed by atoms with E-state index in [0.29, 0.717) is 5.66 Å². The maximum atomic E-state index is 13.2. The quantitative estimate of drug-likeness (QED) is 0.533. The van der Waals surface area contributed by atoms with E-state index < -0.39 is 12.3 Å². The normalized spacial score (nSPS) is 22.0. The summed E-state index contributed by atoms with van der Waals surface area (Å²) >= 11 is 0. The maximum Gasteiger partial charge on any atom is 0.157 e. The number of hydrogen-bond donors (Lipinski definition) is 0. The SMILES string of the molecule is COc1ccccc1[P@@](C)(=CC(=O)CC1(C)C(=O)CCC1=O)C1CCCCC1. The highest BCUT2D eigenvalue weighted by molar-refractivity contribution is 7.83. The Morgan fingerprint density at radius 3 is 2.36 bits per heavy atom. The topological polar surface area (TPSA) is 60.4 Å². The van der Waals surface area contributed by atoms with Gasteiger partial charge in [-0.1, -0.05) is 44.3 Å². The number of Topliss-reactive ketones (excluding diaryl/α,β-unsaturated/α-hetero) is 3. The Morgan fingerprint density at radius 2 is 1.75 bits per heavy atom. The highest BCUT2D eigenvalue weighted by Gasteiger charge is 2.46. The number of methoxy groups -OCH3 is 1. The highest BCUT2D eigenvalue weighted by atomic mass is 31.2. The Kier molecular flexibility index (Phi) is 6.29. The van der Waals surface area contributed by atoms with Crippen molar-refractivity contribution >= 4 is 35.3 Å². The molecule has 0 N–H and O–H groups in total. The minimum atomic E-state index is -1.96. The molecule has 28 heavy (non-hydrogen) atoms. The van der Waals surface area contributed by atoms with E-state index in [9.17, 15) is 14.4 Å². The molecule has 5 heteroatoms. The molecule has 0 unspecified atom stereocenters. The molecule has 0 aliphatic heterocycles. The van der Waals surface area contributed by atoms with Crippen LogP contribution in [-0.2, 0) is 14.4 Å². The fraction of sp³-hybridized carbons (Fsp3) is 0.565. The standard InChI is InChI=1S/C23H31O4P/c1-23(21(25)13-14-22(23)26)15-17(24)16-28(3,18-9-5-4-6-10-18)20-12-8-7-11-19(20)27-2/h7-8,11-12,16,18H,4-6,9-10,13-15H2,1-3H3/t28-/m0/s1. The lowest BCUT2D eigenvalue weighted by Gasteiger charge is -2.35. The van der Waals surface area contributed by atoms with Crippen molar-refractivity contribution in [2.45, 2.75) is 63.9 Å². The summed E-state index contributed by atoms with van der Waals surface area (Å²) in [6.45, 7) is 1.91. The highest BCUT2D eigenvalue weighted by Crippen LogP contribution is 2.54. The molecule has 2 fully saturated rings. The van der Waals surface area contributed by atoms with Crippen LogP contribution in [0.2, 0.25) is 0 Å². The smallest absolute Gasteiger partial charge is 0.157 e. The minimum Gasteiger partial charge on any atom is -0.496 e. The van der Waals surface area contributed by atoms with Crippen LogP contribution in [0.25, 0.3) is 0 Å². The van der Waals surface area contributed by atoms with Gasteiger partial charge in [0.05, 0.1) is 12.5 Å². The third-order valence-corrected chi connectivity index (χ3v) is 11.0. The van der Waals surface area contributed by atoms with Gasteiger partial charge in [0.1, 0.15) is 17.3 Å². The number of ketones is 3. The lowest BCUT2D eigenvalue weighted by atomic mass is 9.82. The van der Waals surface area contributed by atoms with Gasteiger partial charge in [0.15, 0.2) is 5.78 Å². The minimum absolute atomic E-state index is 0.00211.